The summed E-state index contributed by atoms with van der Waals surface area (Å²) in [5.41, 5.74) is -1.33. The number of sulfonamides is 1. The molecular formula is C15H21F2N3O2S. The highest BCUT2D eigenvalue weighted by atomic mass is 32.2. The zero-order chi connectivity index (χ0) is 16.7. The fourth-order valence-electron chi connectivity index (χ4n) is 3.52. The normalized spacial score (nSPS) is 28.4. The van der Waals surface area contributed by atoms with Gasteiger partial charge in [0.2, 0.25) is 10.0 Å². The Morgan fingerprint density at radius 3 is 2.65 bits per heavy atom. The van der Waals surface area contributed by atoms with Gasteiger partial charge in [0.1, 0.15) is 5.82 Å². The van der Waals surface area contributed by atoms with Crippen molar-refractivity contribution in [2.24, 2.45) is 5.41 Å². The van der Waals surface area contributed by atoms with Crippen molar-refractivity contribution in [3.05, 3.63) is 24.4 Å². The molecule has 3 rings (SSSR count). The molecule has 2 fully saturated rings. The van der Waals surface area contributed by atoms with Crippen LogP contribution in [0.3, 0.4) is 0 Å². The lowest BCUT2D eigenvalue weighted by atomic mass is 9.76. The topological polar surface area (TPSA) is 53.5 Å². The molecular weight excluding hydrogens is 324 g/mol. The predicted molar refractivity (Wildman–Crippen MR) is 84.1 cm³/mol. The van der Waals surface area contributed by atoms with Gasteiger partial charge in [-0.1, -0.05) is 6.07 Å². The second-order valence-corrected chi connectivity index (χ2v) is 8.59. The van der Waals surface area contributed by atoms with Crippen molar-refractivity contribution in [2.45, 2.75) is 25.7 Å². The molecule has 0 aromatic carbocycles. The van der Waals surface area contributed by atoms with Crippen molar-refractivity contribution >= 4 is 15.8 Å². The molecule has 0 bridgehead atoms. The third kappa shape index (κ3) is 2.82. The largest absolute Gasteiger partial charge is 0.356 e. The highest BCUT2D eigenvalue weighted by molar-refractivity contribution is 7.89. The molecule has 128 valence electrons. The summed E-state index contributed by atoms with van der Waals surface area (Å²) in [7, 11) is -3.45. The Morgan fingerprint density at radius 1 is 1.22 bits per heavy atom. The molecule has 8 heteroatoms. The molecule has 0 N–H and O–H groups in total. The van der Waals surface area contributed by atoms with E-state index in [2.05, 4.69) is 4.98 Å². The minimum atomic E-state index is -3.45. The van der Waals surface area contributed by atoms with E-state index in [0.717, 1.165) is 0 Å². The molecule has 23 heavy (non-hydrogen) atoms. The maximum atomic E-state index is 14.7. The van der Waals surface area contributed by atoms with Crippen LogP contribution in [0.4, 0.5) is 14.6 Å². The monoisotopic (exact) mass is 345 g/mol. The number of hydrogen-bond donors (Lipinski definition) is 0. The van der Waals surface area contributed by atoms with Crippen LogP contribution in [0.1, 0.15) is 19.8 Å². The number of pyridine rings is 1. The molecule has 0 amide bonds. The average molecular weight is 345 g/mol. The Morgan fingerprint density at radius 2 is 2.00 bits per heavy atom. The van der Waals surface area contributed by atoms with Crippen molar-refractivity contribution in [3.63, 3.8) is 0 Å². The van der Waals surface area contributed by atoms with Gasteiger partial charge in [-0.2, -0.15) is 0 Å². The van der Waals surface area contributed by atoms with Crippen molar-refractivity contribution in [3.8, 4) is 0 Å². The van der Waals surface area contributed by atoms with Gasteiger partial charge in [0.05, 0.1) is 11.2 Å². The number of aromatic nitrogens is 1. The highest BCUT2D eigenvalue weighted by Gasteiger charge is 2.60. The Kier molecular flexibility index (Phi) is 4.08. The standard InChI is InChI=1S/C15H21F2N3O2S/c1-2-23(21,22)20-10-7-15(16,17)14(12-20)6-9-19(11-14)13-5-3-4-8-18-13/h3-5,8H,2,6-7,9-12H2,1H3. The van der Waals surface area contributed by atoms with E-state index in [9.17, 15) is 17.2 Å². The summed E-state index contributed by atoms with van der Waals surface area (Å²) in [6.07, 6.45) is 1.49. The van der Waals surface area contributed by atoms with Gasteiger partial charge in [-0.3, -0.25) is 0 Å². The number of alkyl halides is 2. The Labute approximate surface area is 135 Å². The molecule has 0 aliphatic carbocycles. The smallest absolute Gasteiger partial charge is 0.257 e. The molecule has 1 spiro atoms. The van der Waals surface area contributed by atoms with Gasteiger partial charge in [0.15, 0.2) is 0 Å². The Balaban J connectivity index is 1.86. The lowest BCUT2D eigenvalue weighted by Crippen LogP contribution is -2.58. The van der Waals surface area contributed by atoms with Crippen LogP contribution in [0, 0.1) is 5.41 Å². The van der Waals surface area contributed by atoms with Gasteiger partial charge in [0, 0.05) is 38.8 Å². The van der Waals surface area contributed by atoms with E-state index in [-0.39, 0.29) is 31.8 Å². The second-order valence-electron chi connectivity index (χ2n) is 6.33. The molecule has 5 nitrogen and oxygen atoms in total. The quantitative estimate of drug-likeness (QED) is 0.840. The summed E-state index contributed by atoms with van der Waals surface area (Å²) >= 11 is 0. The van der Waals surface area contributed by atoms with Crippen molar-refractivity contribution in [1.29, 1.82) is 0 Å². The molecule has 3 heterocycles. The van der Waals surface area contributed by atoms with Crippen LogP contribution in [0.5, 0.6) is 0 Å². The van der Waals surface area contributed by atoms with Crippen molar-refractivity contribution in [1.82, 2.24) is 9.29 Å². The maximum Gasteiger partial charge on any atom is 0.257 e. The third-order valence-electron chi connectivity index (χ3n) is 5.02. The summed E-state index contributed by atoms with van der Waals surface area (Å²) in [5.74, 6) is -2.26. The van der Waals surface area contributed by atoms with Gasteiger partial charge < -0.3 is 4.90 Å². The SMILES string of the molecule is CCS(=O)(=O)N1CCC(F)(F)C2(CCN(c3ccccn3)C2)C1. The maximum absolute atomic E-state index is 14.7. The number of hydrogen-bond acceptors (Lipinski definition) is 4. The fourth-order valence-corrected chi connectivity index (χ4v) is 4.70. The summed E-state index contributed by atoms with van der Waals surface area (Å²) in [4.78, 5) is 6.05. The number of nitrogens with zero attached hydrogens (tertiary/aromatic N) is 3. The van der Waals surface area contributed by atoms with Crippen molar-refractivity contribution in [2.75, 3.05) is 36.8 Å². The van der Waals surface area contributed by atoms with Crippen LogP contribution >= 0.6 is 0 Å². The summed E-state index contributed by atoms with van der Waals surface area (Å²) < 4.78 is 54.8. The molecule has 0 saturated carbocycles. The predicted octanol–water partition coefficient (Wildman–Crippen LogP) is 1.97. The Hall–Kier alpha value is -1.28. The van der Waals surface area contributed by atoms with E-state index in [1.165, 1.54) is 4.31 Å². The lowest BCUT2D eigenvalue weighted by Gasteiger charge is -2.45. The summed E-state index contributed by atoms with van der Waals surface area (Å²) in [5, 5.41) is 0. The zero-order valence-electron chi connectivity index (χ0n) is 13.1. The van der Waals surface area contributed by atoms with E-state index < -0.39 is 27.8 Å². The van der Waals surface area contributed by atoms with E-state index >= 15 is 0 Å². The molecule has 0 radical (unpaired) electrons. The van der Waals surface area contributed by atoms with E-state index in [0.29, 0.717) is 12.4 Å². The molecule has 2 aliphatic heterocycles. The molecule has 2 saturated heterocycles. The van der Waals surface area contributed by atoms with Gasteiger partial charge in [-0.05, 0) is 25.5 Å². The Bertz CT molecular complexity index is 669. The van der Waals surface area contributed by atoms with Crippen LogP contribution in [-0.2, 0) is 10.0 Å². The van der Waals surface area contributed by atoms with Gasteiger partial charge in [-0.15, -0.1) is 0 Å². The minimum absolute atomic E-state index is 0.0569. The number of piperidine rings is 1. The lowest BCUT2D eigenvalue weighted by molar-refractivity contribution is -0.145. The molecule has 1 atom stereocenters. The second kappa shape index (κ2) is 5.66. The third-order valence-corrected chi connectivity index (χ3v) is 6.84. The van der Waals surface area contributed by atoms with Gasteiger partial charge >= 0.3 is 0 Å². The average Bonchev–Trinajstić information content (AvgIpc) is 2.97. The number of halogens is 2. The fraction of sp³-hybridized carbons (Fsp3) is 0.667. The van der Waals surface area contributed by atoms with E-state index in [1.807, 2.05) is 11.0 Å². The molecule has 1 unspecified atom stereocenters. The van der Waals surface area contributed by atoms with Crippen LogP contribution in [0.25, 0.3) is 0 Å². The molecule has 1 aromatic rings. The molecule has 1 aromatic heterocycles. The molecule has 2 aliphatic rings. The van der Waals surface area contributed by atoms with Crippen LogP contribution in [-0.4, -0.2) is 55.6 Å². The van der Waals surface area contributed by atoms with Crippen molar-refractivity contribution < 1.29 is 17.2 Å². The van der Waals surface area contributed by atoms with E-state index in [4.69, 9.17) is 0 Å². The highest BCUT2D eigenvalue weighted by Crippen LogP contribution is 2.50. The first-order chi connectivity index (χ1) is 10.8. The van der Waals surface area contributed by atoms with Crippen LogP contribution < -0.4 is 4.90 Å². The van der Waals surface area contributed by atoms with E-state index in [1.54, 1.807) is 25.3 Å². The zero-order valence-corrected chi connectivity index (χ0v) is 13.9. The first-order valence-electron chi connectivity index (χ1n) is 7.81. The number of anilines is 1. The summed E-state index contributed by atoms with van der Waals surface area (Å²) in [6.45, 7) is 1.93. The first kappa shape index (κ1) is 16.6. The minimum Gasteiger partial charge on any atom is -0.356 e. The summed E-state index contributed by atoms with van der Waals surface area (Å²) in [6, 6.07) is 5.39. The van der Waals surface area contributed by atoms with Crippen LogP contribution in [0.2, 0.25) is 0 Å². The van der Waals surface area contributed by atoms with Gasteiger partial charge in [0.25, 0.3) is 5.92 Å². The first-order valence-corrected chi connectivity index (χ1v) is 9.42. The number of rotatable bonds is 3. The van der Waals surface area contributed by atoms with Gasteiger partial charge in [-0.25, -0.2) is 26.5 Å². The van der Waals surface area contributed by atoms with Crippen LogP contribution in [0.15, 0.2) is 24.4 Å².